The van der Waals surface area contributed by atoms with Crippen molar-refractivity contribution in [3.63, 3.8) is 0 Å². The van der Waals surface area contributed by atoms with Gasteiger partial charge in [-0.2, -0.15) is 0 Å². The molecule has 1 aromatic carbocycles. The zero-order chi connectivity index (χ0) is 13.2. The molecule has 2 rings (SSSR count). The van der Waals surface area contributed by atoms with E-state index in [1.54, 1.807) is 18.2 Å². The van der Waals surface area contributed by atoms with Crippen LogP contribution in [0.1, 0.15) is 19.3 Å². The average molecular weight is 288 g/mol. The number of nitrogens with two attached hydrogens (primary N) is 1. The van der Waals surface area contributed by atoms with E-state index in [1.165, 1.54) is 0 Å². The molecule has 4 nitrogen and oxygen atoms in total. The lowest BCUT2D eigenvalue weighted by molar-refractivity contribution is 0.225. The second-order valence-electron chi connectivity index (χ2n) is 4.68. The van der Waals surface area contributed by atoms with Crippen LogP contribution in [0.2, 0.25) is 10.0 Å². The zero-order valence-electron chi connectivity index (χ0n) is 9.80. The van der Waals surface area contributed by atoms with Crippen LogP contribution in [0, 0.1) is 0 Å². The fourth-order valence-electron chi connectivity index (χ4n) is 1.87. The molecule has 0 atom stereocenters. The molecule has 2 amide bonds. The van der Waals surface area contributed by atoms with Gasteiger partial charge in [-0.25, -0.2) is 4.79 Å². The maximum absolute atomic E-state index is 11.7. The molecule has 1 fully saturated rings. The Morgan fingerprint density at radius 2 is 1.89 bits per heavy atom. The summed E-state index contributed by atoms with van der Waals surface area (Å²) in [4.78, 5) is 11.7. The number of amides is 2. The van der Waals surface area contributed by atoms with Crippen LogP contribution in [-0.2, 0) is 0 Å². The van der Waals surface area contributed by atoms with Crippen LogP contribution in [0.3, 0.4) is 0 Å². The van der Waals surface area contributed by atoms with E-state index in [4.69, 9.17) is 28.9 Å². The Bertz CT molecular complexity index is 440. The summed E-state index contributed by atoms with van der Waals surface area (Å²) in [6.07, 6.45) is 3.04. The minimum Gasteiger partial charge on any atom is -0.336 e. The lowest BCUT2D eigenvalue weighted by atomic mass is 9.78. The third-order valence-electron chi connectivity index (χ3n) is 3.07. The summed E-state index contributed by atoms with van der Waals surface area (Å²) in [7, 11) is 0. The SMILES string of the molecule is NC1(CNC(=O)Nc2cc(Cl)cc(Cl)c2)CCC1. The van der Waals surface area contributed by atoms with Gasteiger partial charge in [0, 0.05) is 27.8 Å². The lowest BCUT2D eigenvalue weighted by Crippen LogP contribution is -2.55. The van der Waals surface area contributed by atoms with Crippen LogP contribution < -0.4 is 16.4 Å². The van der Waals surface area contributed by atoms with E-state index in [-0.39, 0.29) is 11.6 Å². The third-order valence-corrected chi connectivity index (χ3v) is 3.51. The molecule has 4 N–H and O–H groups in total. The van der Waals surface area contributed by atoms with Crippen LogP contribution in [0.25, 0.3) is 0 Å². The molecule has 18 heavy (non-hydrogen) atoms. The molecular formula is C12H15Cl2N3O. The predicted molar refractivity (Wildman–Crippen MR) is 74.3 cm³/mol. The van der Waals surface area contributed by atoms with Crippen molar-refractivity contribution in [2.45, 2.75) is 24.8 Å². The smallest absolute Gasteiger partial charge is 0.319 e. The Morgan fingerprint density at radius 3 is 2.39 bits per heavy atom. The van der Waals surface area contributed by atoms with Gasteiger partial charge in [0.15, 0.2) is 0 Å². The van der Waals surface area contributed by atoms with Gasteiger partial charge in [-0.05, 0) is 37.5 Å². The lowest BCUT2D eigenvalue weighted by Gasteiger charge is -2.38. The predicted octanol–water partition coefficient (Wildman–Crippen LogP) is 3.00. The molecule has 0 heterocycles. The summed E-state index contributed by atoms with van der Waals surface area (Å²) in [5.74, 6) is 0. The van der Waals surface area contributed by atoms with Gasteiger partial charge in [0.25, 0.3) is 0 Å². The Morgan fingerprint density at radius 1 is 1.28 bits per heavy atom. The molecule has 0 saturated heterocycles. The van der Waals surface area contributed by atoms with Crippen molar-refractivity contribution in [2.24, 2.45) is 5.73 Å². The van der Waals surface area contributed by atoms with Crippen LogP contribution in [-0.4, -0.2) is 18.1 Å². The van der Waals surface area contributed by atoms with E-state index in [0.717, 1.165) is 19.3 Å². The third kappa shape index (κ3) is 3.51. The van der Waals surface area contributed by atoms with Gasteiger partial charge in [0.2, 0.25) is 0 Å². The number of nitrogens with one attached hydrogen (secondary N) is 2. The summed E-state index contributed by atoms with van der Waals surface area (Å²) in [5.41, 5.74) is 6.34. The highest BCUT2D eigenvalue weighted by Gasteiger charge is 2.32. The topological polar surface area (TPSA) is 67.1 Å². The van der Waals surface area contributed by atoms with Gasteiger partial charge in [0.1, 0.15) is 0 Å². The summed E-state index contributed by atoms with van der Waals surface area (Å²) < 4.78 is 0. The number of rotatable bonds is 3. The summed E-state index contributed by atoms with van der Waals surface area (Å²) in [5, 5.41) is 6.38. The summed E-state index contributed by atoms with van der Waals surface area (Å²) >= 11 is 11.7. The van der Waals surface area contributed by atoms with Crippen LogP contribution in [0.5, 0.6) is 0 Å². The van der Waals surface area contributed by atoms with Crippen LogP contribution in [0.4, 0.5) is 10.5 Å². The van der Waals surface area contributed by atoms with Crippen molar-refractivity contribution < 1.29 is 4.79 Å². The molecule has 0 radical (unpaired) electrons. The first-order valence-electron chi connectivity index (χ1n) is 5.77. The highest BCUT2D eigenvalue weighted by Crippen LogP contribution is 2.28. The minimum atomic E-state index is -0.301. The molecular weight excluding hydrogens is 273 g/mol. The number of halogens is 2. The molecule has 0 bridgehead atoms. The zero-order valence-corrected chi connectivity index (χ0v) is 11.3. The fraction of sp³-hybridized carbons (Fsp3) is 0.417. The number of anilines is 1. The van der Waals surface area contributed by atoms with Crippen molar-refractivity contribution in [3.05, 3.63) is 28.2 Å². The molecule has 1 aliphatic carbocycles. The first kappa shape index (κ1) is 13.5. The number of carbonyl (C=O) groups excluding carboxylic acids is 1. The first-order valence-corrected chi connectivity index (χ1v) is 6.52. The van der Waals surface area contributed by atoms with E-state index in [1.807, 2.05) is 0 Å². The maximum Gasteiger partial charge on any atom is 0.319 e. The standard InChI is InChI=1S/C12H15Cl2N3O/c13-8-4-9(14)6-10(5-8)17-11(18)16-7-12(15)2-1-3-12/h4-6H,1-3,7,15H2,(H2,16,17,18). The minimum absolute atomic E-state index is 0.233. The van der Waals surface area contributed by atoms with Gasteiger partial charge >= 0.3 is 6.03 Å². The number of urea groups is 1. The quantitative estimate of drug-likeness (QED) is 0.800. The molecule has 98 valence electrons. The van der Waals surface area contributed by atoms with E-state index < -0.39 is 0 Å². The maximum atomic E-state index is 11.7. The average Bonchev–Trinajstić information content (AvgIpc) is 2.22. The molecule has 0 unspecified atom stereocenters. The molecule has 0 spiro atoms. The van der Waals surface area contributed by atoms with Gasteiger partial charge < -0.3 is 16.4 Å². The van der Waals surface area contributed by atoms with Crippen LogP contribution in [0.15, 0.2) is 18.2 Å². The number of carbonyl (C=O) groups is 1. The molecule has 1 saturated carbocycles. The number of hydrogen-bond acceptors (Lipinski definition) is 2. The Balaban J connectivity index is 1.86. The van der Waals surface area contributed by atoms with Crippen molar-refractivity contribution >= 4 is 34.9 Å². The molecule has 0 aromatic heterocycles. The van der Waals surface area contributed by atoms with E-state index in [0.29, 0.717) is 22.3 Å². The van der Waals surface area contributed by atoms with Gasteiger partial charge in [-0.15, -0.1) is 0 Å². The molecule has 0 aliphatic heterocycles. The largest absolute Gasteiger partial charge is 0.336 e. The van der Waals surface area contributed by atoms with E-state index >= 15 is 0 Å². The first-order chi connectivity index (χ1) is 8.47. The molecule has 1 aromatic rings. The van der Waals surface area contributed by atoms with E-state index in [2.05, 4.69) is 10.6 Å². The van der Waals surface area contributed by atoms with Crippen molar-refractivity contribution in [1.82, 2.24) is 5.32 Å². The van der Waals surface area contributed by atoms with Gasteiger partial charge in [0.05, 0.1) is 0 Å². The molecule has 1 aliphatic rings. The fourth-order valence-corrected chi connectivity index (χ4v) is 2.39. The highest BCUT2D eigenvalue weighted by molar-refractivity contribution is 6.35. The number of hydrogen-bond donors (Lipinski definition) is 3. The summed E-state index contributed by atoms with van der Waals surface area (Å²) in [6, 6.07) is 4.57. The monoisotopic (exact) mass is 287 g/mol. The summed E-state index contributed by atoms with van der Waals surface area (Å²) in [6.45, 7) is 0.479. The highest BCUT2D eigenvalue weighted by atomic mass is 35.5. The Hall–Kier alpha value is -0.970. The Labute approximate surface area is 116 Å². The Kier molecular flexibility index (Phi) is 4.00. The number of benzene rings is 1. The van der Waals surface area contributed by atoms with Crippen molar-refractivity contribution in [1.29, 1.82) is 0 Å². The van der Waals surface area contributed by atoms with Crippen LogP contribution >= 0.6 is 23.2 Å². The second kappa shape index (κ2) is 5.34. The van der Waals surface area contributed by atoms with Gasteiger partial charge in [-0.1, -0.05) is 23.2 Å². The van der Waals surface area contributed by atoms with Gasteiger partial charge in [-0.3, -0.25) is 0 Å². The van der Waals surface area contributed by atoms with Crippen molar-refractivity contribution in [3.8, 4) is 0 Å². The second-order valence-corrected chi connectivity index (χ2v) is 5.55. The van der Waals surface area contributed by atoms with Crippen molar-refractivity contribution in [2.75, 3.05) is 11.9 Å². The molecule has 6 heteroatoms. The normalized spacial score (nSPS) is 16.8. The van der Waals surface area contributed by atoms with E-state index in [9.17, 15) is 4.79 Å².